The molecule has 0 amide bonds. The Labute approximate surface area is 123 Å². The number of nitrogens with two attached hydrogens (primary N) is 1. The van der Waals surface area contributed by atoms with Gasteiger partial charge in [-0.15, -0.1) is 0 Å². The van der Waals surface area contributed by atoms with Crippen molar-refractivity contribution in [1.82, 2.24) is 4.98 Å². The summed E-state index contributed by atoms with van der Waals surface area (Å²) in [5.41, 5.74) is 9.63. The molecule has 0 aliphatic rings. The lowest BCUT2D eigenvalue weighted by Gasteiger charge is -2.14. The Kier molecular flexibility index (Phi) is 4.47. The van der Waals surface area contributed by atoms with Crippen LogP contribution in [0.4, 0.5) is 11.5 Å². The highest BCUT2D eigenvalue weighted by molar-refractivity contribution is 6.29. The van der Waals surface area contributed by atoms with Crippen LogP contribution in [0.1, 0.15) is 12.5 Å². The number of rotatable bonds is 4. The largest absolute Gasteiger partial charge is 0.399 e. The number of benzene rings is 1. The number of aryl methyl sites for hydroxylation is 1. The van der Waals surface area contributed by atoms with E-state index in [-0.39, 0.29) is 12.6 Å². The van der Waals surface area contributed by atoms with Crippen LogP contribution in [0.25, 0.3) is 11.1 Å². The summed E-state index contributed by atoms with van der Waals surface area (Å²) in [5.74, 6) is 0.635. The lowest BCUT2D eigenvalue weighted by molar-refractivity contribution is 0.281. The minimum atomic E-state index is -0.0873. The number of halogens is 1. The summed E-state index contributed by atoms with van der Waals surface area (Å²) in [4.78, 5) is 4.21. The molecule has 1 aromatic carbocycles. The van der Waals surface area contributed by atoms with Crippen LogP contribution in [0.2, 0.25) is 5.15 Å². The zero-order valence-corrected chi connectivity index (χ0v) is 12.3. The van der Waals surface area contributed by atoms with Crippen LogP contribution < -0.4 is 11.1 Å². The number of aliphatic hydroxyl groups is 1. The molecule has 5 heteroatoms. The van der Waals surface area contributed by atoms with Crippen molar-refractivity contribution in [1.29, 1.82) is 0 Å². The van der Waals surface area contributed by atoms with Crippen molar-refractivity contribution in [3.63, 3.8) is 0 Å². The zero-order valence-electron chi connectivity index (χ0n) is 11.5. The van der Waals surface area contributed by atoms with Gasteiger partial charge in [-0.05, 0) is 54.8 Å². The Morgan fingerprint density at radius 3 is 2.80 bits per heavy atom. The highest BCUT2D eigenvalue weighted by Gasteiger charge is 2.08. The van der Waals surface area contributed by atoms with Crippen molar-refractivity contribution in [2.45, 2.75) is 19.9 Å². The minimum Gasteiger partial charge on any atom is -0.399 e. The van der Waals surface area contributed by atoms with Gasteiger partial charge in [0.25, 0.3) is 0 Å². The van der Waals surface area contributed by atoms with E-state index >= 15 is 0 Å². The van der Waals surface area contributed by atoms with E-state index in [0.29, 0.717) is 16.7 Å². The third-order valence-corrected chi connectivity index (χ3v) is 3.23. The third-order valence-electron chi connectivity index (χ3n) is 3.03. The van der Waals surface area contributed by atoms with Gasteiger partial charge in [0.15, 0.2) is 0 Å². The lowest BCUT2D eigenvalue weighted by atomic mass is 10.0. The maximum absolute atomic E-state index is 9.09. The number of aliphatic hydroxyl groups excluding tert-OH is 1. The first-order valence-electron chi connectivity index (χ1n) is 6.41. The van der Waals surface area contributed by atoms with Gasteiger partial charge in [0.2, 0.25) is 0 Å². The van der Waals surface area contributed by atoms with Gasteiger partial charge in [0.05, 0.1) is 6.61 Å². The van der Waals surface area contributed by atoms with Crippen LogP contribution in [0.3, 0.4) is 0 Å². The summed E-state index contributed by atoms with van der Waals surface area (Å²) in [6.07, 6.45) is 0. The first kappa shape index (κ1) is 14.6. The van der Waals surface area contributed by atoms with Crippen LogP contribution in [0, 0.1) is 6.92 Å². The Morgan fingerprint density at radius 1 is 1.35 bits per heavy atom. The number of anilines is 2. The maximum atomic E-state index is 9.09. The van der Waals surface area contributed by atoms with E-state index in [9.17, 15) is 0 Å². The Bertz CT molecular complexity index is 616. The van der Waals surface area contributed by atoms with E-state index in [0.717, 1.165) is 16.7 Å². The fourth-order valence-electron chi connectivity index (χ4n) is 1.98. The quantitative estimate of drug-likeness (QED) is 0.598. The molecule has 20 heavy (non-hydrogen) atoms. The number of aromatic nitrogens is 1. The summed E-state index contributed by atoms with van der Waals surface area (Å²) in [5, 5.41) is 12.6. The van der Waals surface area contributed by atoms with Crippen LogP contribution in [0.15, 0.2) is 30.3 Å². The Hall–Kier alpha value is -1.78. The third kappa shape index (κ3) is 3.40. The van der Waals surface area contributed by atoms with Crippen molar-refractivity contribution in [3.05, 3.63) is 41.0 Å². The molecule has 2 rings (SSSR count). The average Bonchev–Trinajstić information content (AvgIpc) is 2.40. The molecule has 4 nitrogen and oxygen atoms in total. The fraction of sp³-hybridized carbons (Fsp3) is 0.267. The van der Waals surface area contributed by atoms with Crippen molar-refractivity contribution in [2.75, 3.05) is 17.7 Å². The van der Waals surface area contributed by atoms with E-state index in [4.69, 9.17) is 22.4 Å². The second kappa shape index (κ2) is 6.11. The Morgan fingerprint density at radius 2 is 2.10 bits per heavy atom. The van der Waals surface area contributed by atoms with Crippen molar-refractivity contribution in [2.24, 2.45) is 0 Å². The molecule has 1 atom stereocenters. The van der Waals surface area contributed by atoms with Gasteiger partial charge in [-0.3, -0.25) is 0 Å². The standard InChI is InChI=1S/C15H18ClN3O/c1-9-3-4-12(17)7-13(9)11-5-14(16)19-15(6-11)18-10(2)8-20/h3-7,10,20H,8,17H2,1-2H3,(H,18,19)/t10-/m1/s1. The molecule has 0 spiro atoms. The van der Waals surface area contributed by atoms with Gasteiger partial charge in [-0.25, -0.2) is 4.98 Å². The second-order valence-electron chi connectivity index (χ2n) is 4.87. The minimum absolute atomic E-state index is 0.0286. The van der Waals surface area contributed by atoms with Gasteiger partial charge in [0.1, 0.15) is 11.0 Å². The molecule has 0 unspecified atom stereocenters. The van der Waals surface area contributed by atoms with Crippen molar-refractivity contribution >= 4 is 23.1 Å². The molecule has 0 aliphatic heterocycles. The molecule has 106 valence electrons. The molecule has 4 N–H and O–H groups in total. The molecule has 0 radical (unpaired) electrons. The zero-order chi connectivity index (χ0) is 14.7. The summed E-state index contributed by atoms with van der Waals surface area (Å²) in [6.45, 7) is 3.92. The monoisotopic (exact) mass is 291 g/mol. The smallest absolute Gasteiger partial charge is 0.132 e. The fourth-order valence-corrected chi connectivity index (χ4v) is 2.18. The number of pyridine rings is 1. The molecule has 0 saturated heterocycles. The van der Waals surface area contributed by atoms with E-state index in [2.05, 4.69) is 10.3 Å². The van der Waals surface area contributed by atoms with Crippen LogP contribution in [-0.4, -0.2) is 22.7 Å². The molecule has 0 fully saturated rings. The summed E-state index contributed by atoms with van der Waals surface area (Å²) >= 11 is 6.07. The molecule has 0 aliphatic carbocycles. The number of nitrogen functional groups attached to an aromatic ring is 1. The molecular weight excluding hydrogens is 274 g/mol. The summed E-state index contributed by atoms with van der Waals surface area (Å²) < 4.78 is 0. The highest BCUT2D eigenvalue weighted by atomic mass is 35.5. The van der Waals surface area contributed by atoms with Gasteiger partial charge in [-0.1, -0.05) is 17.7 Å². The number of nitrogens with one attached hydrogen (secondary N) is 1. The van der Waals surface area contributed by atoms with Gasteiger partial charge in [-0.2, -0.15) is 0 Å². The molecule has 0 bridgehead atoms. The van der Waals surface area contributed by atoms with E-state index < -0.39 is 0 Å². The number of nitrogens with zero attached hydrogens (tertiary/aromatic N) is 1. The van der Waals surface area contributed by atoms with Crippen LogP contribution >= 0.6 is 11.6 Å². The highest BCUT2D eigenvalue weighted by Crippen LogP contribution is 2.29. The van der Waals surface area contributed by atoms with E-state index in [1.54, 1.807) is 6.07 Å². The molecule has 1 heterocycles. The molecule has 1 aromatic heterocycles. The summed E-state index contributed by atoms with van der Waals surface area (Å²) in [6, 6.07) is 9.38. The van der Waals surface area contributed by atoms with Crippen molar-refractivity contribution in [3.8, 4) is 11.1 Å². The molecule has 2 aromatic rings. The lowest BCUT2D eigenvalue weighted by Crippen LogP contribution is -2.20. The topological polar surface area (TPSA) is 71.2 Å². The predicted molar refractivity (Wildman–Crippen MR) is 84.0 cm³/mol. The normalized spacial score (nSPS) is 12.2. The van der Waals surface area contributed by atoms with Gasteiger partial charge >= 0.3 is 0 Å². The average molecular weight is 292 g/mol. The Balaban J connectivity index is 2.44. The maximum Gasteiger partial charge on any atom is 0.132 e. The number of hydrogen-bond donors (Lipinski definition) is 3. The first-order valence-corrected chi connectivity index (χ1v) is 6.79. The van der Waals surface area contributed by atoms with E-state index in [1.165, 1.54) is 0 Å². The van der Waals surface area contributed by atoms with Crippen LogP contribution in [0.5, 0.6) is 0 Å². The SMILES string of the molecule is Cc1ccc(N)cc1-c1cc(Cl)nc(N[C@H](C)CO)c1. The first-order chi connectivity index (χ1) is 9.49. The van der Waals surface area contributed by atoms with Gasteiger partial charge in [0, 0.05) is 11.7 Å². The number of hydrogen-bond acceptors (Lipinski definition) is 4. The molecular formula is C15H18ClN3O. The predicted octanol–water partition coefficient (Wildman–Crippen LogP) is 3.09. The molecule has 0 saturated carbocycles. The summed E-state index contributed by atoms with van der Waals surface area (Å²) in [7, 11) is 0. The van der Waals surface area contributed by atoms with Crippen molar-refractivity contribution < 1.29 is 5.11 Å². The van der Waals surface area contributed by atoms with E-state index in [1.807, 2.05) is 38.1 Å². The second-order valence-corrected chi connectivity index (χ2v) is 5.25. The van der Waals surface area contributed by atoms with Gasteiger partial charge < -0.3 is 16.2 Å². The van der Waals surface area contributed by atoms with Crippen LogP contribution in [-0.2, 0) is 0 Å².